The smallest absolute Gasteiger partial charge is 0.236 e. The Morgan fingerprint density at radius 3 is 2.65 bits per heavy atom. The Balaban J connectivity index is 2.05. The minimum atomic E-state index is -0.104. The van der Waals surface area contributed by atoms with E-state index >= 15 is 0 Å². The van der Waals surface area contributed by atoms with Gasteiger partial charge in [-0.05, 0) is 18.4 Å². The van der Waals surface area contributed by atoms with Gasteiger partial charge in [0.1, 0.15) is 0 Å². The number of carbonyl (C=O) groups is 1. The molecule has 2 rings (SSSR count). The van der Waals surface area contributed by atoms with Crippen molar-refractivity contribution >= 4 is 21.8 Å². The summed E-state index contributed by atoms with van der Waals surface area (Å²) in [5, 5.41) is 9.44. The zero-order valence-corrected chi connectivity index (χ0v) is 11.1. The number of hydrogen-bond acceptors (Lipinski definition) is 2. The van der Waals surface area contributed by atoms with E-state index in [0.717, 1.165) is 18.5 Å². The van der Waals surface area contributed by atoms with Crippen molar-refractivity contribution in [2.45, 2.75) is 23.7 Å². The Labute approximate surface area is 110 Å². The lowest BCUT2D eigenvalue weighted by Crippen LogP contribution is -2.41. The van der Waals surface area contributed by atoms with E-state index in [0.29, 0.717) is 6.42 Å². The summed E-state index contributed by atoms with van der Waals surface area (Å²) < 4.78 is 0. The highest BCUT2D eigenvalue weighted by Crippen LogP contribution is 2.22. The van der Waals surface area contributed by atoms with Gasteiger partial charge in [-0.3, -0.25) is 4.79 Å². The van der Waals surface area contributed by atoms with Crippen LogP contribution in [-0.4, -0.2) is 39.9 Å². The van der Waals surface area contributed by atoms with Crippen LogP contribution in [-0.2, 0) is 11.2 Å². The maximum Gasteiger partial charge on any atom is 0.236 e. The molecule has 92 valence electrons. The Morgan fingerprint density at radius 1 is 1.41 bits per heavy atom. The lowest BCUT2D eigenvalue weighted by Gasteiger charge is -2.26. The molecule has 0 saturated carbocycles. The molecular formula is C13H16BrNO2. The number of hydrogen-bond donors (Lipinski definition) is 1. The zero-order valence-electron chi connectivity index (χ0n) is 9.55. The van der Waals surface area contributed by atoms with E-state index in [1.165, 1.54) is 0 Å². The SMILES string of the molecule is O=C1C(Br)CCN1C(CO)Cc1ccccc1. The fourth-order valence-corrected chi connectivity index (χ4v) is 2.66. The molecule has 0 aliphatic carbocycles. The number of likely N-dealkylation sites (tertiary alicyclic amines) is 1. The Bertz CT molecular complexity index is 382. The summed E-state index contributed by atoms with van der Waals surface area (Å²) in [5.74, 6) is 0.0972. The molecule has 0 spiro atoms. The average molecular weight is 298 g/mol. The number of carbonyl (C=O) groups excluding carboxylic acids is 1. The summed E-state index contributed by atoms with van der Waals surface area (Å²) >= 11 is 3.35. The summed E-state index contributed by atoms with van der Waals surface area (Å²) in [5.41, 5.74) is 1.15. The van der Waals surface area contributed by atoms with Gasteiger partial charge in [-0.1, -0.05) is 46.3 Å². The van der Waals surface area contributed by atoms with Crippen LogP contribution >= 0.6 is 15.9 Å². The van der Waals surface area contributed by atoms with Gasteiger partial charge in [-0.25, -0.2) is 0 Å². The predicted octanol–water partition coefficient (Wildman–Crippen LogP) is 1.59. The van der Waals surface area contributed by atoms with Crippen LogP contribution in [0.3, 0.4) is 0 Å². The number of halogens is 1. The van der Waals surface area contributed by atoms with Crippen molar-refractivity contribution in [2.75, 3.05) is 13.2 Å². The molecule has 1 saturated heterocycles. The molecule has 1 fully saturated rings. The van der Waals surface area contributed by atoms with Crippen LogP contribution in [0, 0.1) is 0 Å². The molecule has 1 aromatic carbocycles. The van der Waals surface area contributed by atoms with Gasteiger partial charge in [0.25, 0.3) is 0 Å². The lowest BCUT2D eigenvalue weighted by atomic mass is 10.1. The van der Waals surface area contributed by atoms with E-state index in [1.807, 2.05) is 30.3 Å². The van der Waals surface area contributed by atoms with Crippen LogP contribution in [0.2, 0.25) is 0 Å². The average Bonchev–Trinajstić information content (AvgIpc) is 2.69. The summed E-state index contributed by atoms with van der Waals surface area (Å²) in [7, 11) is 0. The summed E-state index contributed by atoms with van der Waals surface area (Å²) in [4.78, 5) is 13.6. The van der Waals surface area contributed by atoms with Crippen molar-refractivity contribution in [2.24, 2.45) is 0 Å². The van der Waals surface area contributed by atoms with Gasteiger partial charge in [-0.2, -0.15) is 0 Å². The van der Waals surface area contributed by atoms with Crippen LogP contribution < -0.4 is 0 Å². The highest BCUT2D eigenvalue weighted by molar-refractivity contribution is 9.10. The number of amides is 1. The molecule has 3 nitrogen and oxygen atoms in total. The Morgan fingerprint density at radius 2 is 2.12 bits per heavy atom. The van der Waals surface area contributed by atoms with E-state index in [2.05, 4.69) is 15.9 Å². The minimum Gasteiger partial charge on any atom is -0.394 e. The second-order valence-corrected chi connectivity index (χ2v) is 5.42. The van der Waals surface area contributed by atoms with Crippen LogP contribution in [0.5, 0.6) is 0 Å². The monoisotopic (exact) mass is 297 g/mol. The van der Waals surface area contributed by atoms with Crippen molar-refractivity contribution in [3.63, 3.8) is 0 Å². The van der Waals surface area contributed by atoms with E-state index in [4.69, 9.17) is 0 Å². The molecule has 1 aromatic rings. The van der Waals surface area contributed by atoms with Gasteiger partial charge in [0.05, 0.1) is 17.5 Å². The molecule has 1 amide bonds. The Kier molecular flexibility index (Phi) is 4.18. The number of nitrogens with zero attached hydrogens (tertiary/aromatic N) is 1. The maximum atomic E-state index is 11.9. The molecule has 0 aromatic heterocycles. The van der Waals surface area contributed by atoms with Crippen molar-refractivity contribution in [1.82, 2.24) is 4.90 Å². The zero-order chi connectivity index (χ0) is 12.3. The van der Waals surface area contributed by atoms with Crippen molar-refractivity contribution < 1.29 is 9.90 Å². The summed E-state index contributed by atoms with van der Waals surface area (Å²) in [6.45, 7) is 0.743. The quantitative estimate of drug-likeness (QED) is 0.858. The van der Waals surface area contributed by atoms with E-state index in [1.54, 1.807) is 4.90 Å². The number of aliphatic hydroxyl groups is 1. The highest BCUT2D eigenvalue weighted by atomic mass is 79.9. The molecule has 1 N–H and O–H groups in total. The molecule has 2 atom stereocenters. The molecule has 4 heteroatoms. The number of rotatable bonds is 4. The van der Waals surface area contributed by atoms with Gasteiger partial charge in [-0.15, -0.1) is 0 Å². The van der Waals surface area contributed by atoms with Gasteiger partial charge in [0.15, 0.2) is 0 Å². The van der Waals surface area contributed by atoms with Gasteiger partial charge in [0.2, 0.25) is 5.91 Å². The van der Waals surface area contributed by atoms with E-state index in [9.17, 15) is 9.90 Å². The first kappa shape index (κ1) is 12.6. The molecule has 17 heavy (non-hydrogen) atoms. The number of benzene rings is 1. The summed E-state index contributed by atoms with van der Waals surface area (Å²) in [6, 6.07) is 9.86. The van der Waals surface area contributed by atoms with Crippen LogP contribution in [0.15, 0.2) is 30.3 Å². The first-order valence-corrected chi connectivity index (χ1v) is 6.73. The van der Waals surface area contributed by atoms with Gasteiger partial charge < -0.3 is 10.0 Å². The van der Waals surface area contributed by atoms with E-state index < -0.39 is 0 Å². The minimum absolute atomic E-state index is 0.0142. The molecule has 0 bridgehead atoms. The van der Waals surface area contributed by atoms with Crippen LogP contribution in [0.1, 0.15) is 12.0 Å². The number of alkyl halides is 1. The van der Waals surface area contributed by atoms with Crippen molar-refractivity contribution in [3.05, 3.63) is 35.9 Å². The molecule has 1 aliphatic rings. The molecular weight excluding hydrogens is 282 g/mol. The normalized spacial score (nSPS) is 21.9. The van der Waals surface area contributed by atoms with Crippen molar-refractivity contribution in [3.8, 4) is 0 Å². The lowest BCUT2D eigenvalue weighted by molar-refractivity contribution is -0.129. The third-order valence-electron chi connectivity index (χ3n) is 3.14. The predicted molar refractivity (Wildman–Crippen MR) is 70.1 cm³/mol. The third kappa shape index (κ3) is 2.87. The molecule has 0 radical (unpaired) electrons. The van der Waals surface area contributed by atoms with Crippen LogP contribution in [0.25, 0.3) is 0 Å². The fourth-order valence-electron chi connectivity index (χ4n) is 2.19. The largest absolute Gasteiger partial charge is 0.394 e. The first-order valence-electron chi connectivity index (χ1n) is 5.81. The molecule has 2 unspecified atom stereocenters. The summed E-state index contributed by atoms with van der Waals surface area (Å²) in [6.07, 6.45) is 1.53. The second-order valence-electron chi connectivity index (χ2n) is 4.31. The number of aliphatic hydroxyl groups excluding tert-OH is 1. The first-order chi connectivity index (χ1) is 8.22. The Hall–Kier alpha value is -0.870. The maximum absolute atomic E-state index is 11.9. The molecule has 1 heterocycles. The molecule has 1 aliphatic heterocycles. The third-order valence-corrected chi connectivity index (χ3v) is 3.99. The topological polar surface area (TPSA) is 40.5 Å². The fraction of sp³-hybridized carbons (Fsp3) is 0.462. The van der Waals surface area contributed by atoms with E-state index in [-0.39, 0.29) is 23.4 Å². The van der Waals surface area contributed by atoms with Gasteiger partial charge in [0, 0.05) is 6.54 Å². The van der Waals surface area contributed by atoms with Crippen LogP contribution in [0.4, 0.5) is 0 Å². The van der Waals surface area contributed by atoms with Gasteiger partial charge >= 0.3 is 0 Å². The highest BCUT2D eigenvalue weighted by Gasteiger charge is 2.33. The van der Waals surface area contributed by atoms with Crippen molar-refractivity contribution in [1.29, 1.82) is 0 Å². The standard InChI is InChI=1S/C13H16BrNO2/c14-12-6-7-15(13(12)17)11(9-16)8-10-4-2-1-3-5-10/h1-5,11-12,16H,6-9H2. The second kappa shape index (κ2) is 5.65.